The monoisotopic (exact) mass is 848 g/mol. The Morgan fingerprint density at radius 2 is 0.792 bits per heavy atom. The summed E-state index contributed by atoms with van der Waals surface area (Å²) >= 11 is 0. The Morgan fingerprint density at radius 1 is 0.438 bits per heavy atom. The fraction of sp³-hybridized carbons (Fsp3) is 1.00. The molecule has 0 aliphatic carbocycles. The molecule has 0 radical (unpaired) electrons. The first kappa shape index (κ1) is 49.4. The third kappa shape index (κ3) is 18.9. The molecule has 0 heterocycles. The Kier molecular flexibility index (Phi) is 18.6. The zero-order valence-corrected chi connectivity index (χ0v) is 42.4. The summed E-state index contributed by atoms with van der Waals surface area (Å²) in [5, 5.41) is 10.7. The van der Waals surface area contributed by atoms with E-state index in [2.05, 4.69) is 19.6 Å². The number of hydrogen-bond acceptors (Lipinski definition) is 15. The Bertz CT molecular complexity index is 979. The van der Waals surface area contributed by atoms with Crippen molar-refractivity contribution in [1.29, 1.82) is 0 Å². The van der Waals surface area contributed by atoms with Gasteiger partial charge in [-0.2, -0.15) is 0 Å². The highest BCUT2D eigenvalue weighted by Crippen LogP contribution is 2.31. The molecule has 2 N–H and O–H groups in total. The minimum atomic E-state index is -4.90. The Balaban J connectivity index is 6.69. The summed E-state index contributed by atoms with van der Waals surface area (Å²) in [6, 6.07) is 0. The van der Waals surface area contributed by atoms with E-state index in [0.717, 1.165) is 0 Å². The molecule has 0 aliphatic heterocycles. The van der Waals surface area contributed by atoms with Crippen LogP contribution < -0.4 is 0 Å². The first-order valence-electron chi connectivity index (χ1n) is 16.0. The normalized spacial score (nSPS) is 18.1. The van der Waals surface area contributed by atoms with Gasteiger partial charge in [-0.3, -0.25) is 0 Å². The highest BCUT2D eigenvalue weighted by atomic mass is 28.5. The van der Waals surface area contributed by atoms with E-state index in [1.165, 1.54) is 28.3 Å². The predicted octanol–water partition coefficient (Wildman–Crippen LogP) is 4.77. The van der Waals surface area contributed by atoms with Crippen molar-refractivity contribution in [3.63, 3.8) is 0 Å². The summed E-state index contributed by atoms with van der Waals surface area (Å²) in [6.45, 7) is 32.1. The molecule has 0 amide bonds. The standard InChI is InChI=1S/C24H68O15Si9/c1-22(25)24(23(2)27-3)31-47(26,37-45(18,19)35-44(16,17)34-42(12,13)32-40(7,8)9)39-48(29-5,30-6)38-46(20,21)36-43(14,15)33-41(10,11)28-4/h22-26H,1-21H3/t22?,23-,24+,47?/m0/s1. The summed E-state index contributed by atoms with van der Waals surface area (Å²) < 4.78 is 80.2. The molecule has 2 unspecified atom stereocenters. The van der Waals surface area contributed by atoms with Gasteiger partial charge < -0.3 is 65.3 Å². The van der Waals surface area contributed by atoms with Crippen molar-refractivity contribution < 1.29 is 65.3 Å². The van der Waals surface area contributed by atoms with E-state index in [1.54, 1.807) is 40.2 Å². The highest BCUT2D eigenvalue weighted by Gasteiger charge is 2.63. The highest BCUT2D eigenvalue weighted by molar-refractivity contribution is 6.90. The van der Waals surface area contributed by atoms with Crippen molar-refractivity contribution in [2.24, 2.45) is 0 Å². The van der Waals surface area contributed by atoms with Crippen LogP contribution in [0.2, 0.25) is 98.2 Å². The van der Waals surface area contributed by atoms with Crippen LogP contribution in [0.5, 0.6) is 0 Å². The van der Waals surface area contributed by atoms with Gasteiger partial charge in [-0.25, -0.2) is 0 Å². The van der Waals surface area contributed by atoms with Gasteiger partial charge in [-0.15, -0.1) is 0 Å². The number of hydrogen-bond donors (Lipinski definition) is 2. The minimum Gasteiger partial charge on any atom is -0.437 e. The third-order valence-electron chi connectivity index (χ3n) is 6.10. The zero-order chi connectivity index (χ0) is 38.4. The van der Waals surface area contributed by atoms with E-state index in [1.807, 2.05) is 52.4 Å². The summed E-state index contributed by atoms with van der Waals surface area (Å²) in [5.41, 5.74) is 0. The average molecular weight is 850 g/mol. The van der Waals surface area contributed by atoms with Crippen molar-refractivity contribution >= 4 is 77.8 Å². The van der Waals surface area contributed by atoms with Crippen molar-refractivity contribution in [3.05, 3.63) is 0 Å². The lowest BCUT2D eigenvalue weighted by molar-refractivity contribution is -0.0991. The summed E-state index contributed by atoms with van der Waals surface area (Å²) in [5.74, 6) is 0. The lowest BCUT2D eigenvalue weighted by Gasteiger charge is -2.43. The van der Waals surface area contributed by atoms with Gasteiger partial charge in [-0.1, -0.05) is 0 Å². The van der Waals surface area contributed by atoms with Crippen LogP contribution in [-0.2, 0) is 55.4 Å². The van der Waals surface area contributed by atoms with E-state index in [0.29, 0.717) is 0 Å². The molecular formula is C24H68O15Si9. The maximum atomic E-state index is 12.3. The van der Waals surface area contributed by atoms with Crippen molar-refractivity contribution in [2.75, 3.05) is 28.4 Å². The molecule has 15 nitrogen and oxygen atoms in total. The van der Waals surface area contributed by atoms with Crippen LogP contribution in [0.3, 0.4) is 0 Å². The second kappa shape index (κ2) is 18.1. The molecule has 0 aliphatic rings. The second-order valence-corrected chi connectivity index (χ2v) is 46.3. The van der Waals surface area contributed by atoms with Gasteiger partial charge in [0.2, 0.25) is 0 Å². The molecule has 0 bridgehead atoms. The molecule has 0 aromatic heterocycles. The fourth-order valence-electron chi connectivity index (χ4n) is 5.25. The third-order valence-corrected chi connectivity index (χ3v) is 36.8. The van der Waals surface area contributed by atoms with Gasteiger partial charge in [0.05, 0.1) is 12.2 Å². The van der Waals surface area contributed by atoms with Crippen molar-refractivity contribution in [2.45, 2.75) is 130 Å². The van der Waals surface area contributed by atoms with Gasteiger partial charge in [0, 0.05) is 28.4 Å². The van der Waals surface area contributed by atoms with Gasteiger partial charge in [0.25, 0.3) is 0 Å². The molecule has 0 fully saturated rings. The van der Waals surface area contributed by atoms with E-state index < -0.39 is 96.1 Å². The number of aliphatic hydroxyl groups excluding tert-OH is 1. The molecule has 290 valence electrons. The van der Waals surface area contributed by atoms with Gasteiger partial charge >= 0.3 is 69.5 Å². The molecule has 24 heteroatoms. The molecular weight excluding hydrogens is 781 g/mol. The lowest BCUT2D eigenvalue weighted by Crippen LogP contribution is -2.69. The maximum Gasteiger partial charge on any atom is 0.664 e. The van der Waals surface area contributed by atoms with Crippen LogP contribution in [0.1, 0.15) is 13.8 Å². The van der Waals surface area contributed by atoms with Gasteiger partial charge in [0.1, 0.15) is 6.10 Å². The number of aliphatic hydroxyl groups is 1. The fourth-order valence-corrected chi connectivity index (χ4v) is 43.0. The Morgan fingerprint density at radius 3 is 1.12 bits per heavy atom. The van der Waals surface area contributed by atoms with E-state index in [9.17, 15) is 9.90 Å². The maximum absolute atomic E-state index is 12.3. The van der Waals surface area contributed by atoms with E-state index in [4.69, 9.17) is 55.4 Å². The summed E-state index contributed by atoms with van der Waals surface area (Å²) in [4.78, 5) is 12.3. The van der Waals surface area contributed by atoms with Crippen LogP contribution in [-0.4, -0.2) is 134 Å². The summed E-state index contributed by atoms with van der Waals surface area (Å²) in [6.07, 6.45) is -2.84. The SMILES string of the molecule is CO[C@@H](C)[C@H](O[Si](O)(O[Si](C)(C)O[Si](C)(C)O[Si](C)(C)O[Si](C)(C)C)O[Si](OC)(OC)O[Si](C)(C)O[Si](C)(C)O[Si](C)(C)OC)C(C)O. The molecule has 4 atom stereocenters. The van der Waals surface area contributed by atoms with E-state index >= 15 is 0 Å². The molecule has 0 saturated heterocycles. The predicted molar refractivity (Wildman–Crippen MR) is 205 cm³/mol. The largest absolute Gasteiger partial charge is 0.664 e. The Hall–Kier alpha value is 1.35. The summed E-state index contributed by atoms with van der Waals surface area (Å²) in [7, 11) is -22.6. The molecule has 0 saturated carbocycles. The van der Waals surface area contributed by atoms with Crippen molar-refractivity contribution in [3.8, 4) is 0 Å². The van der Waals surface area contributed by atoms with Crippen molar-refractivity contribution in [1.82, 2.24) is 0 Å². The molecule has 0 rings (SSSR count). The van der Waals surface area contributed by atoms with Crippen LogP contribution in [0, 0.1) is 0 Å². The first-order valence-corrected chi connectivity index (χ1v) is 39.6. The van der Waals surface area contributed by atoms with Crippen LogP contribution in [0.15, 0.2) is 0 Å². The number of methoxy groups -OCH3 is 1. The van der Waals surface area contributed by atoms with Crippen LogP contribution in [0.25, 0.3) is 0 Å². The topological polar surface area (TPSA) is 160 Å². The average Bonchev–Trinajstić information content (AvgIpc) is 2.81. The minimum absolute atomic E-state index is 0.671. The lowest BCUT2D eigenvalue weighted by atomic mass is 10.1. The number of ether oxygens (including phenoxy) is 1. The molecule has 48 heavy (non-hydrogen) atoms. The van der Waals surface area contributed by atoms with Gasteiger partial charge in [0.15, 0.2) is 8.32 Å². The molecule has 0 aromatic rings. The quantitative estimate of drug-likeness (QED) is 0.128. The second-order valence-electron chi connectivity index (χ2n) is 15.2. The van der Waals surface area contributed by atoms with Gasteiger partial charge in [-0.05, 0) is 112 Å². The first-order chi connectivity index (χ1) is 21.1. The number of rotatable bonds is 24. The molecule has 0 spiro atoms. The smallest absolute Gasteiger partial charge is 0.437 e. The van der Waals surface area contributed by atoms with Crippen LogP contribution in [0.4, 0.5) is 0 Å². The van der Waals surface area contributed by atoms with E-state index in [-0.39, 0.29) is 0 Å². The molecule has 0 aromatic carbocycles. The Labute approximate surface area is 300 Å². The zero-order valence-electron chi connectivity index (χ0n) is 33.4. The van der Waals surface area contributed by atoms with Crippen LogP contribution >= 0.6 is 0 Å².